The van der Waals surface area contributed by atoms with E-state index in [0.717, 1.165) is 6.07 Å². The molecule has 0 aliphatic heterocycles. The van der Waals surface area contributed by atoms with E-state index in [4.69, 9.17) is 16.7 Å². The van der Waals surface area contributed by atoms with Gasteiger partial charge >= 0.3 is 5.97 Å². The Balaban J connectivity index is 2.26. The van der Waals surface area contributed by atoms with E-state index < -0.39 is 17.6 Å². The van der Waals surface area contributed by atoms with Crippen molar-refractivity contribution in [1.29, 1.82) is 0 Å². The van der Waals surface area contributed by atoms with Crippen LogP contribution < -0.4 is 5.32 Å². The Labute approximate surface area is 133 Å². The number of nitrogens with one attached hydrogen (secondary N) is 1. The molecule has 3 N–H and O–H groups in total. The topological polar surface area (TPSA) is 86.6 Å². The van der Waals surface area contributed by atoms with E-state index in [-0.39, 0.29) is 21.8 Å². The number of aromatic carboxylic acids is 1. The van der Waals surface area contributed by atoms with Gasteiger partial charge in [0, 0.05) is 16.2 Å². The molecule has 0 aromatic heterocycles. The molecule has 0 radical (unpaired) electrons. The molecule has 7 heteroatoms. The molecular weight excluding hydrogens is 362 g/mol. The summed E-state index contributed by atoms with van der Waals surface area (Å²) in [5.74, 6) is -2.15. The Kier molecular flexibility index (Phi) is 4.50. The zero-order valence-electron chi connectivity index (χ0n) is 10.4. The van der Waals surface area contributed by atoms with Gasteiger partial charge in [0.15, 0.2) is 0 Å². The first-order valence-electron chi connectivity index (χ1n) is 5.71. The molecule has 0 fully saturated rings. The van der Waals surface area contributed by atoms with Gasteiger partial charge in [0.25, 0.3) is 5.91 Å². The lowest BCUT2D eigenvalue weighted by Gasteiger charge is -2.08. The Bertz CT molecular complexity index is 733. The van der Waals surface area contributed by atoms with Gasteiger partial charge in [0.2, 0.25) is 0 Å². The summed E-state index contributed by atoms with van der Waals surface area (Å²) in [6.07, 6.45) is 0. The first-order chi connectivity index (χ1) is 9.88. The summed E-state index contributed by atoms with van der Waals surface area (Å²) >= 11 is 9.19. The molecule has 0 saturated heterocycles. The van der Waals surface area contributed by atoms with Crippen LogP contribution in [0.1, 0.15) is 20.7 Å². The van der Waals surface area contributed by atoms with Crippen molar-refractivity contribution >= 4 is 45.1 Å². The van der Waals surface area contributed by atoms with E-state index in [2.05, 4.69) is 21.2 Å². The lowest BCUT2D eigenvalue weighted by atomic mass is 10.1. The maximum absolute atomic E-state index is 12.1. The number of hydrogen-bond donors (Lipinski definition) is 3. The van der Waals surface area contributed by atoms with E-state index >= 15 is 0 Å². The monoisotopic (exact) mass is 369 g/mol. The highest BCUT2D eigenvalue weighted by molar-refractivity contribution is 9.10. The number of halogens is 2. The van der Waals surface area contributed by atoms with Crippen molar-refractivity contribution in [3.63, 3.8) is 0 Å². The zero-order valence-corrected chi connectivity index (χ0v) is 12.8. The molecule has 1 amide bonds. The van der Waals surface area contributed by atoms with Gasteiger partial charge in [-0.3, -0.25) is 4.79 Å². The molecule has 21 heavy (non-hydrogen) atoms. The molecule has 108 valence electrons. The van der Waals surface area contributed by atoms with Crippen molar-refractivity contribution in [3.05, 3.63) is 57.0 Å². The second-order valence-electron chi connectivity index (χ2n) is 4.12. The molecule has 0 bridgehead atoms. The molecular formula is C14H9BrClNO4. The van der Waals surface area contributed by atoms with E-state index in [1.807, 2.05) is 0 Å². The van der Waals surface area contributed by atoms with Crippen molar-refractivity contribution in [3.8, 4) is 5.75 Å². The largest absolute Gasteiger partial charge is 0.507 e. The Hall–Kier alpha value is -2.05. The quantitative estimate of drug-likeness (QED) is 0.768. The summed E-state index contributed by atoms with van der Waals surface area (Å²) in [6, 6.07) is 8.58. The van der Waals surface area contributed by atoms with Crippen LogP contribution in [0.15, 0.2) is 40.9 Å². The molecule has 2 aromatic rings. The summed E-state index contributed by atoms with van der Waals surface area (Å²) in [6.45, 7) is 0. The fraction of sp³-hybridized carbons (Fsp3) is 0. The number of carboxylic acids is 1. The number of hydrogen-bond acceptors (Lipinski definition) is 3. The predicted molar refractivity (Wildman–Crippen MR) is 82.2 cm³/mol. The highest BCUT2D eigenvalue weighted by Gasteiger charge is 2.14. The van der Waals surface area contributed by atoms with Gasteiger partial charge in [-0.25, -0.2) is 4.79 Å². The van der Waals surface area contributed by atoms with E-state index in [1.165, 1.54) is 12.1 Å². The van der Waals surface area contributed by atoms with Crippen molar-refractivity contribution in [2.45, 2.75) is 0 Å². The smallest absolute Gasteiger partial charge is 0.339 e. The Morgan fingerprint density at radius 3 is 2.43 bits per heavy atom. The van der Waals surface area contributed by atoms with Crippen LogP contribution >= 0.6 is 27.5 Å². The van der Waals surface area contributed by atoms with Crippen molar-refractivity contribution in [2.75, 3.05) is 5.32 Å². The molecule has 2 rings (SSSR count). The van der Waals surface area contributed by atoms with Crippen molar-refractivity contribution < 1.29 is 19.8 Å². The fourth-order valence-electron chi connectivity index (χ4n) is 1.66. The number of benzene rings is 2. The number of anilines is 1. The fourth-order valence-corrected chi connectivity index (χ4v) is 2.22. The van der Waals surface area contributed by atoms with E-state index in [0.29, 0.717) is 4.47 Å². The second-order valence-corrected chi connectivity index (χ2v) is 5.44. The van der Waals surface area contributed by atoms with Crippen LogP contribution in [-0.2, 0) is 0 Å². The van der Waals surface area contributed by atoms with Crippen LogP contribution in [0.25, 0.3) is 0 Å². The third kappa shape index (κ3) is 3.53. The zero-order chi connectivity index (χ0) is 15.6. The molecule has 0 spiro atoms. The van der Waals surface area contributed by atoms with Crippen LogP contribution in [0.3, 0.4) is 0 Å². The van der Waals surface area contributed by atoms with Crippen LogP contribution in [0.2, 0.25) is 5.02 Å². The summed E-state index contributed by atoms with van der Waals surface area (Å²) in [5, 5.41) is 21.2. The average Bonchev–Trinajstić information content (AvgIpc) is 2.41. The van der Waals surface area contributed by atoms with Crippen LogP contribution in [0.5, 0.6) is 5.75 Å². The van der Waals surface area contributed by atoms with Gasteiger partial charge in [-0.05, 0) is 30.3 Å². The number of carbonyl (C=O) groups excluding carboxylic acids is 1. The summed E-state index contributed by atoms with van der Waals surface area (Å²) in [5.41, 5.74) is 0.278. The summed E-state index contributed by atoms with van der Waals surface area (Å²) < 4.78 is 0.695. The van der Waals surface area contributed by atoms with E-state index in [1.54, 1.807) is 18.2 Å². The minimum atomic E-state index is -1.25. The van der Waals surface area contributed by atoms with Gasteiger partial charge in [0.05, 0.1) is 10.6 Å². The lowest BCUT2D eigenvalue weighted by Crippen LogP contribution is -2.12. The molecule has 0 aliphatic rings. The van der Waals surface area contributed by atoms with Gasteiger partial charge in [-0.1, -0.05) is 27.5 Å². The maximum Gasteiger partial charge on any atom is 0.339 e. The third-order valence-electron chi connectivity index (χ3n) is 2.66. The normalized spacial score (nSPS) is 10.2. The Morgan fingerprint density at radius 2 is 1.81 bits per heavy atom. The molecule has 0 atom stereocenters. The average molecular weight is 371 g/mol. The van der Waals surface area contributed by atoms with Crippen molar-refractivity contribution in [1.82, 2.24) is 0 Å². The number of amides is 1. The second kappa shape index (κ2) is 6.15. The third-order valence-corrected chi connectivity index (χ3v) is 3.48. The maximum atomic E-state index is 12.1. The van der Waals surface area contributed by atoms with Crippen LogP contribution in [-0.4, -0.2) is 22.1 Å². The van der Waals surface area contributed by atoms with Crippen molar-refractivity contribution in [2.24, 2.45) is 0 Å². The molecule has 0 saturated carbocycles. The Morgan fingerprint density at radius 1 is 1.10 bits per heavy atom. The number of carboxylic acid groups (broad SMARTS) is 1. The number of rotatable bonds is 3. The van der Waals surface area contributed by atoms with Gasteiger partial charge < -0.3 is 15.5 Å². The molecule has 0 unspecified atom stereocenters. The van der Waals surface area contributed by atoms with Gasteiger partial charge in [-0.15, -0.1) is 0 Å². The number of carbonyl (C=O) groups is 2. The highest BCUT2D eigenvalue weighted by atomic mass is 79.9. The highest BCUT2D eigenvalue weighted by Crippen LogP contribution is 2.25. The lowest BCUT2D eigenvalue weighted by molar-refractivity contribution is 0.0693. The van der Waals surface area contributed by atoms with E-state index in [9.17, 15) is 14.7 Å². The SMILES string of the molecule is O=C(O)c1ccc(NC(=O)c2cc(Br)ccc2Cl)cc1O. The number of aromatic hydroxyl groups is 1. The summed E-state index contributed by atoms with van der Waals surface area (Å²) in [4.78, 5) is 22.9. The molecule has 0 heterocycles. The van der Waals surface area contributed by atoms with Gasteiger partial charge in [0.1, 0.15) is 11.3 Å². The number of phenols is 1. The first kappa shape index (κ1) is 15.3. The van der Waals surface area contributed by atoms with Crippen LogP contribution in [0.4, 0.5) is 5.69 Å². The summed E-state index contributed by atoms with van der Waals surface area (Å²) in [7, 11) is 0. The first-order valence-corrected chi connectivity index (χ1v) is 6.88. The minimum Gasteiger partial charge on any atom is -0.507 e. The predicted octanol–water partition coefficient (Wildman–Crippen LogP) is 3.76. The van der Waals surface area contributed by atoms with Crippen LogP contribution in [0, 0.1) is 0 Å². The molecule has 5 nitrogen and oxygen atoms in total. The minimum absolute atomic E-state index is 0.242. The standard InChI is InChI=1S/C14H9BrClNO4/c15-7-1-4-11(16)10(5-7)13(19)17-8-2-3-9(14(20)21)12(18)6-8/h1-6,18H,(H,17,19)(H,20,21). The van der Waals surface area contributed by atoms with Gasteiger partial charge in [-0.2, -0.15) is 0 Å². The molecule has 0 aliphatic carbocycles. The molecule has 2 aromatic carbocycles.